The summed E-state index contributed by atoms with van der Waals surface area (Å²) in [5, 5.41) is 3.26. The first-order valence-corrected chi connectivity index (χ1v) is 13.4. The van der Waals surface area contributed by atoms with E-state index in [-0.39, 0.29) is 18.6 Å². The van der Waals surface area contributed by atoms with Crippen LogP contribution in [0.1, 0.15) is 53.5 Å². The van der Waals surface area contributed by atoms with E-state index in [9.17, 15) is 8.78 Å². The summed E-state index contributed by atoms with van der Waals surface area (Å²) in [4.78, 5) is 2.28. The lowest BCUT2D eigenvalue weighted by atomic mass is 9.86. The predicted octanol–water partition coefficient (Wildman–Crippen LogP) is 7.28. The monoisotopic (exact) mass is 502 g/mol. The number of allylic oxidation sites excluding steroid dienone is 1. The Kier molecular flexibility index (Phi) is 7.90. The molecule has 1 aliphatic heterocycles. The van der Waals surface area contributed by atoms with Gasteiger partial charge >= 0.3 is 0 Å². The number of benzene rings is 3. The second kappa shape index (κ2) is 11.5. The zero-order valence-electron chi connectivity index (χ0n) is 21.8. The summed E-state index contributed by atoms with van der Waals surface area (Å²) in [6.45, 7) is 4.20. The number of likely N-dealkylation sites (tertiary alicyclic amines) is 1. The van der Waals surface area contributed by atoms with Crippen molar-refractivity contribution in [3.05, 3.63) is 94.3 Å². The third-order valence-electron chi connectivity index (χ3n) is 7.71. The fraction of sp³-hybridized carbons (Fsp3) is 0.375. The number of aryl methyl sites for hydroxylation is 1. The van der Waals surface area contributed by atoms with E-state index in [0.717, 1.165) is 67.9 Å². The molecule has 1 fully saturated rings. The molecule has 37 heavy (non-hydrogen) atoms. The number of anilines is 1. The summed E-state index contributed by atoms with van der Waals surface area (Å²) < 4.78 is 33.5. The number of nitrogens with zero attached hydrogens (tertiary/aromatic N) is 1. The van der Waals surface area contributed by atoms with Gasteiger partial charge in [0.15, 0.2) is 0 Å². The number of hydrogen-bond acceptors (Lipinski definition) is 3. The van der Waals surface area contributed by atoms with Crippen LogP contribution in [0.15, 0.2) is 60.7 Å². The van der Waals surface area contributed by atoms with Crippen molar-refractivity contribution in [2.24, 2.45) is 0 Å². The van der Waals surface area contributed by atoms with Gasteiger partial charge in [-0.3, -0.25) is 9.29 Å². The summed E-state index contributed by atoms with van der Waals surface area (Å²) >= 11 is 0. The second-order valence-corrected chi connectivity index (χ2v) is 10.1. The average molecular weight is 503 g/mol. The molecule has 3 aromatic rings. The third kappa shape index (κ3) is 5.57. The van der Waals surface area contributed by atoms with E-state index >= 15 is 0 Å². The normalized spacial score (nSPS) is 18.0. The maximum atomic E-state index is 14.6. The minimum atomic E-state index is -0.268. The van der Waals surface area contributed by atoms with Gasteiger partial charge in [0.1, 0.15) is 17.7 Å². The molecule has 3 aromatic carbocycles. The highest BCUT2D eigenvalue weighted by Crippen LogP contribution is 2.42. The number of alkyl halides is 1. The van der Waals surface area contributed by atoms with Crippen molar-refractivity contribution < 1.29 is 13.5 Å². The smallest absolute Gasteiger partial charge is 0.126 e. The van der Waals surface area contributed by atoms with Gasteiger partial charge in [-0.2, -0.15) is 0 Å². The quantitative estimate of drug-likeness (QED) is 0.350. The zero-order chi connectivity index (χ0) is 25.8. The Bertz CT molecular complexity index is 1270. The Morgan fingerprint density at radius 3 is 2.65 bits per heavy atom. The van der Waals surface area contributed by atoms with E-state index in [4.69, 9.17) is 4.74 Å². The van der Waals surface area contributed by atoms with Crippen LogP contribution in [0, 0.1) is 12.7 Å². The van der Waals surface area contributed by atoms with Gasteiger partial charge in [0.05, 0.1) is 6.67 Å². The number of nitrogens with one attached hydrogen (secondary N) is 1. The molecule has 1 saturated heterocycles. The van der Waals surface area contributed by atoms with Crippen LogP contribution in [0.3, 0.4) is 0 Å². The standard InChI is InChI=1S/C32H36F2N2O/c1-22-28(7-4-9-31(22)34)30-8-3-6-24-20-25(35-2)12-15-29(24)32(30)23-10-13-26(14-11-23)37-27-16-19-36(21-27)18-5-17-33/h4,7,9-15,20,27,35H,3,5-6,8,16-19,21H2,1-2H3. The van der Waals surface area contributed by atoms with Crippen LogP contribution in [0.5, 0.6) is 5.75 Å². The molecule has 0 spiro atoms. The minimum absolute atomic E-state index is 0.133. The molecule has 1 N–H and O–H groups in total. The number of fused-ring (bicyclic) bond motifs is 1. The Hall–Kier alpha value is -3.18. The average Bonchev–Trinajstić information content (AvgIpc) is 3.28. The molecule has 1 aliphatic carbocycles. The summed E-state index contributed by atoms with van der Waals surface area (Å²) in [5.74, 6) is 0.685. The van der Waals surface area contributed by atoms with Crippen molar-refractivity contribution in [3.8, 4) is 5.75 Å². The Morgan fingerprint density at radius 2 is 1.86 bits per heavy atom. The zero-order valence-corrected chi connectivity index (χ0v) is 21.8. The van der Waals surface area contributed by atoms with E-state index < -0.39 is 0 Å². The van der Waals surface area contributed by atoms with Crippen LogP contribution in [0.4, 0.5) is 14.5 Å². The van der Waals surface area contributed by atoms with Crippen molar-refractivity contribution in [2.75, 3.05) is 38.7 Å². The number of halogens is 2. The van der Waals surface area contributed by atoms with Crippen LogP contribution in [0.2, 0.25) is 0 Å². The van der Waals surface area contributed by atoms with Crippen molar-refractivity contribution in [1.82, 2.24) is 4.90 Å². The first kappa shape index (κ1) is 25.5. The maximum absolute atomic E-state index is 14.6. The summed E-state index contributed by atoms with van der Waals surface area (Å²) in [6.07, 6.45) is 4.56. The van der Waals surface area contributed by atoms with E-state index in [1.807, 2.05) is 26.1 Å². The lowest BCUT2D eigenvalue weighted by Crippen LogP contribution is -2.26. The SMILES string of the molecule is CNc1ccc2c(c1)CCCC(c1cccc(F)c1C)=C2c1ccc(OC2CCN(CCCF)C2)cc1. The minimum Gasteiger partial charge on any atom is -0.489 e. The van der Waals surface area contributed by atoms with Crippen molar-refractivity contribution >= 4 is 16.8 Å². The van der Waals surface area contributed by atoms with Crippen LogP contribution in [-0.4, -0.2) is 44.4 Å². The predicted molar refractivity (Wildman–Crippen MR) is 148 cm³/mol. The summed E-state index contributed by atoms with van der Waals surface area (Å²) in [7, 11) is 1.94. The molecule has 194 valence electrons. The van der Waals surface area contributed by atoms with Crippen LogP contribution >= 0.6 is 0 Å². The highest BCUT2D eigenvalue weighted by molar-refractivity contribution is 6.00. The Labute approximate surface area is 219 Å². The molecule has 5 rings (SSSR count). The third-order valence-corrected chi connectivity index (χ3v) is 7.71. The van der Waals surface area contributed by atoms with E-state index in [2.05, 4.69) is 52.7 Å². The molecule has 0 bridgehead atoms. The lowest BCUT2D eigenvalue weighted by Gasteiger charge is -2.20. The van der Waals surface area contributed by atoms with Crippen molar-refractivity contribution in [3.63, 3.8) is 0 Å². The Morgan fingerprint density at radius 1 is 1.03 bits per heavy atom. The molecule has 1 unspecified atom stereocenters. The van der Waals surface area contributed by atoms with Gasteiger partial charge in [-0.25, -0.2) is 4.39 Å². The molecule has 0 radical (unpaired) electrons. The number of rotatable bonds is 8. The largest absolute Gasteiger partial charge is 0.489 e. The highest BCUT2D eigenvalue weighted by Gasteiger charge is 2.25. The first-order valence-electron chi connectivity index (χ1n) is 13.4. The highest BCUT2D eigenvalue weighted by atomic mass is 19.1. The molecule has 1 heterocycles. The maximum Gasteiger partial charge on any atom is 0.126 e. The molecule has 1 atom stereocenters. The molecule has 2 aliphatic rings. The van der Waals surface area contributed by atoms with Gasteiger partial charge in [0.25, 0.3) is 0 Å². The fourth-order valence-electron chi connectivity index (χ4n) is 5.75. The van der Waals surface area contributed by atoms with Gasteiger partial charge in [-0.15, -0.1) is 0 Å². The van der Waals surface area contributed by atoms with E-state index in [0.29, 0.717) is 12.0 Å². The molecule has 5 heteroatoms. The van der Waals surface area contributed by atoms with Crippen LogP contribution in [0.25, 0.3) is 11.1 Å². The summed E-state index contributed by atoms with van der Waals surface area (Å²) in [5.41, 5.74) is 8.79. The molecular weight excluding hydrogens is 466 g/mol. The molecular formula is C32H36F2N2O. The Balaban J connectivity index is 1.50. The topological polar surface area (TPSA) is 24.5 Å². The van der Waals surface area contributed by atoms with Crippen molar-refractivity contribution in [2.45, 2.75) is 45.1 Å². The van der Waals surface area contributed by atoms with Gasteiger partial charge < -0.3 is 10.1 Å². The molecule has 0 aromatic heterocycles. The van der Waals surface area contributed by atoms with Crippen LogP contribution < -0.4 is 10.1 Å². The first-order chi connectivity index (χ1) is 18.1. The van der Waals surface area contributed by atoms with Crippen LogP contribution in [-0.2, 0) is 6.42 Å². The molecule has 3 nitrogen and oxygen atoms in total. The van der Waals surface area contributed by atoms with Gasteiger partial charge in [-0.05, 0) is 108 Å². The van der Waals surface area contributed by atoms with Gasteiger partial charge in [-0.1, -0.05) is 30.3 Å². The number of hydrogen-bond donors (Lipinski definition) is 1. The van der Waals surface area contributed by atoms with E-state index in [1.165, 1.54) is 28.3 Å². The van der Waals surface area contributed by atoms with Gasteiger partial charge in [0.2, 0.25) is 0 Å². The fourth-order valence-corrected chi connectivity index (χ4v) is 5.75. The van der Waals surface area contributed by atoms with E-state index in [1.54, 1.807) is 0 Å². The second-order valence-electron chi connectivity index (χ2n) is 10.1. The lowest BCUT2D eigenvalue weighted by molar-refractivity contribution is 0.198. The number of ether oxygens (including phenoxy) is 1. The molecule has 0 saturated carbocycles. The van der Waals surface area contributed by atoms with Crippen molar-refractivity contribution in [1.29, 1.82) is 0 Å². The summed E-state index contributed by atoms with van der Waals surface area (Å²) in [6, 6.07) is 20.3. The van der Waals surface area contributed by atoms with Gasteiger partial charge in [0, 0.05) is 32.4 Å². The molecule has 0 amide bonds.